The lowest BCUT2D eigenvalue weighted by atomic mass is 10.3. The molecule has 1 heterocycles. The van der Waals surface area contributed by atoms with Crippen LogP contribution in [0.5, 0.6) is 0 Å². The molecule has 0 aliphatic carbocycles. The van der Waals surface area contributed by atoms with E-state index in [9.17, 15) is 0 Å². The number of aromatic nitrogens is 1. The zero-order valence-electron chi connectivity index (χ0n) is 9.15. The molecule has 0 atom stereocenters. The second-order valence-electron chi connectivity index (χ2n) is 3.77. The number of rotatable bonds is 2. The molecule has 0 fully saturated rings. The molecule has 18 heavy (non-hydrogen) atoms. The van der Waals surface area contributed by atoms with Crippen LogP contribution >= 0.6 is 38.9 Å². The molecule has 2 aromatic carbocycles. The minimum atomic E-state index is 0.736. The second-order valence-corrected chi connectivity index (χ2v) is 6.15. The van der Waals surface area contributed by atoms with Crippen molar-refractivity contribution in [3.8, 4) is 0 Å². The molecule has 90 valence electrons. The van der Waals surface area contributed by atoms with Crippen molar-refractivity contribution >= 4 is 59.9 Å². The Morgan fingerprint density at radius 2 is 2.06 bits per heavy atom. The molecule has 1 aromatic heterocycles. The molecule has 0 spiro atoms. The maximum atomic E-state index is 5.96. The minimum absolute atomic E-state index is 0.736. The summed E-state index contributed by atoms with van der Waals surface area (Å²) in [6.07, 6.45) is 0. The largest absolute Gasteiger partial charge is 0.331 e. The number of hydrogen-bond acceptors (Lipinski definition) is 3. The molecule has 3 aromatic rings. The van der Waals surface area contributed by atoms with Crippen molar-refractivity contribution in [1.82, 2.24) is 4.98 Å². The van der Waals surface area contributed by atoms with E-state index in [0.717, 1.165) is 30.5 Å². The van der Waals surface area contributed by atoms with Gasteiger partial charge in [0.1, 0.15) is 0 Å². The van der Waals surface area contributed by atoms with Gasteiger partial charge in [-0.2, -0.15) is 0 Å². The molecular formula is C13H8BrClN2S. The second kappa shape index (κ2) is 4.88. The SMILES string of the molecule is Clc1ccc2nc(Nc3cccc(Br)c3)sc2c1. The van der Waals surface area contributed by atoms with E-state index in [2.05, 4.69) is 26.2 Å². The zero-order valence-corrected chi connectivity index (χ0v) is 12.3. The van der Waals surface area contributed by atoms with Gasteiger partial charge in [0.25, 0.3) is 0 Å². The summed E-state index contributed by atoms with van der Waals surface area (Å²) < 4.78 is 2.12. The first-order valence-corrected chi connectivity index (χ1v) is 7.28. The van der Waals surface area contributed by atoms with Gasteiger partial charge in [-0.1, -0.05) is 44.9 Å². The molecule has 0 aliphatic heterocycles. The van der Waals surface area contributed by atoms with Gasteiger partial charge in [-0.15, -0.1) is 0 Å². The first-order valence-electron chi connectivity index (χ1n) is 5.29. The Labute approximate surface area is 122 Å². The Bertz CT molecular complexity index is 711. The number of nitrogens with zero attached hydrogens (tertiary/aromatic N) is 1. The number of fused-ring (bicyclic) bond motifs is 1. The number of nitrogens with one attached hydrogen (secondary N) is 1. The van der Waals surface area contributed by atoms with Crippen LogP contribution in [0.1, 0.15) is 0 Å². The van der Waals surface area contributed by atoms with Crippen LogP contribution in [0.25, 0.3) is 10.2 Å². The van der Waals surface area contributed by atoms with Gasteiger partial charge in [0, 0.05) is 15.2 Å². The van der Waals surface area contributed by atoms with Crippen molar-refractivity contribution in [2.24, 2.45) is 0 Å². The van der Waals surface area contributed by atoms with Gasteiger partial charge in [0.05, 0.1) is 10.2 Å². The summed E-state index contributed by atoms with van der Waals surface area (Å²) in [6, 6.07) is 13.7. The summed E-state index contributed by atoms with van der Waals surface area (Å²) >= 11 is 11.0. The van der Waals surface area contributed by atoms with E-state index in [1.165, 1.54) is 0 Å². The van der Waals surface area contributed by atoms with Crippen LogP contribution in [0, 0.1) is 0 Å². The fraction of sp³-hybridized carbons (Fsp3) is 0. The fourth-order valence-corrected chi connectivity index (χ4v) is 3.20. The maximum Gasteiger partial charge on any atom is 0.188 e. The van der Waals surface area contributed by atoms with Gasteiger partial charge in [-0.25, -0.2) is 4.98 Å². The van der Waals surface area contributed by atoms with Crippen LogP contribution < -0.4 is 5.32 Å². The van der Waals surface area contributed by atoms with Crippen molar-refractivity contribution in [2.45, 2.75) is 0 Å². The Hall–Kier alpha value is -1.10. The Balaban J connectivity index is 1.95. The monoisotopic (exact) mass is 338 g/mol. The van der Waals surface area contributed by atoms with Crippen LogP contribution in [0.4, 0.5) is 10.8 Å². The van der Waals surface area contributed by atoms with Crippen molar-refractivity contribution < 1.29 is 0 Å². The Morgan fingerprint density at radius 3 is 2.89 bits per heavy atom. The molecule has 0 saturated carbocycles. The van der Waals surface area contributed by atoms with Crippen LogP contribution in [0.3, 0.4) is 0 Å². The predicted molar refractivity (Wildman–Crippen MR) is 82.1 cm³/mol. The summed E-state index contributed by atoms with van der Waals surface area (Å²) in [4.78, 5) is 4.51. The number of hydrogen-bond donors (Lipinski definition) is 1. The van der Waals surface area contributed by atoms with Gasteiger partial charge in [-0.05, 0) is 36.4 Å². The lowest BCUT2D eigenvalue weighted by Crippen LogP contribution is -1.88. The molecule has 0 radical (unpaired) electrons. The Kier molecular flexibility index (Phi) is 3.24. The smallest absolute Gasteiger partial charge is 0.188 e. The lowest BCUT2D eigenvalue weighted by Gasteiger charge is -2.01. The lowest BCUT2D eigenvalue weighted by molar-refractivity contribution is 1.44. The average molecular weight is 340 g/mol. The molecule has 5 heteroatoms. The molecule has 0 unspecified atom stereocenters. The van der Waals surface area contributed by atoms with Crippen molar-refractivity contribution in [3.05, 3.63) is 52.0 Å². The first kappa shape index (κ1) is 12.0. The normalized spacial score (nSPS) is 10.8. The zero-order chi connectivity index (χ0) is 12.5. The van der Waals surface area contributed by atoms with E-state index >= 15 is 0 Å². The summed E-state index contributed by atoms with van der Waals surface area (Å²) in [5, 5.41) is 4.89. The van der Waals surface area contributed by atoms with Gasteiger partial charge in [0.15, 0.2) is 5.13 Å². The highest BCUT2D eigenvalue weighted by atomic mass is 79.9. The molecule has 1 N–H and O–H groups in total. The van der Waals surface area contributed by atoms with Gasteiger partial charge in [0.2, 0.25) is 0 Å². The van der Waals surface area contributed by atoms with Crippen LogP contribution in [0.15, 0.2) is 46.9 Å². The number of benzene rings is 2. The standard InChI is InChI=1S/C13H8BrClN2S/c14-8-2-1-3-10(6-8)16-13-17-11-5-4-9(15)7-12(11)18-13/h1-7H,(H,16,17). The van der Waals surface area contributed by atoms with Gasteiger partial charge < -0.3 is 5.32 Å². The Morgan fingerprint density at radius 1 is 1.17 bits per heavy atom. The van der Waals surface area contributed by atoms with Crippen LogP contribution in [-0.2, 0) is 0 Å². The van der Waals surface area contributed by atoms with E-state index in [1.54, 1.807) is 11.3 Å². The van der Waals surface area contributed by atoms with Gasteiger partial charge >= 0.3 is 0 Å². The quantitative estimate of drug-likeness (QED) is 0.671. The minimum Gasteiger partial charge on any atom is -0.331 e. The van der Waals surface area contributed by atoms with E-state index in [4.69, 9.17) is 11.6 Å². The van der Waals surface area contributed by atoms with Gasteiger partial charge in [-0.3, -0.25) is 0 Å². The molecule has 3 rings (SSSR count). The number of thiazole rings is 1. The average Bonchev–Trinajstić information content (AvgIpc) is 2.70. The van der Waals surface area contributed by atoms with E-state index < -0.39 is 0 Å². The van der Waals surface area contributed by atoms with E-state index in [-0.39, 0.29) is 0 Å². The van der Waals surface area contributed by atoms with Crippen molar-refractivity contribution in [3.63, 3.8) is 0 Å². The van der Waals surface area contributed by atoms with Crippen LogP contribution in [-0.4, -0.2) is 4.98 Å². The highest BCUT2D eigenvalue weighted by Gasteiger charge is 2.04. The molecule has 2 nitrogen and oxygen atoms in total. The number of halogens is 2. The summed E-state index contributed by atoms with van der Waals surface area (Å²) in [5.41, 5.74) is 1.97. The van der Waals surface area contributed by atoms with Crippen molar-refractivity contribution in [2.75, 3.05) is 5.32 Å². The maximum absolute atomic E-state index is 5.96. The molecular weight excluding hydrogens is 332 g/mol. The third-order valence-corrected chi connectivity index (χ3v) is 4.09. The van der Waals surface area contributed by atoms with E-state index in [1.807, 2.05) is 42.5 Å². The van der Waals surface area contributed by atoms with Crippen LogP contribution in [0.2, 0.25) is 5.02 Å². The topological polar surface area (TPSA) is 24.9 Å². The molecule has 0 bridgehead atoms. The predicted octanol–water partition coefficient (Wildman–Crippen LogP) is 5.46. The summed E-state index contributed by atoms with van der Waals surface area (Å²) in [5.74, 6) is 0. The molecule has 0 amide bonds. The number of anilines is 2. The summed E-state index contributed by atoms with van der Waals surface area (Å²) in [6.45, 7) is 0. The third kappa shape index (κ3) is 2.51. The fourth-order valence-electron chi connectivity index (χ4n) is 1.64. The van der Waals surface area contributed by atoms with Crippen molar-refractivity contribution in [1.29, 1.82) is 0 Å². The first-order chi connectivity index (χ1) is 8.70. The highest BCUT2D eigenvalue weighted by molar-refractivity contribution is 9.10. The third-order valence-electron chi connectivity index (χ3n) is 2.43. The highest BCUT2D eigenvalue weighted by Crippen LogP contribution is 2.30. The molecule has 0 aliphatic rings. The molecule has 0 saturated heterocycles. The van der Waals surface area contributed by atoms with E-state index in [0.29, 0.717) is 0 Å². The summed E-state index contributed by atoms with van der Waals surface area (Å²) in [7, 11) is 0.